The molecule has 0 aromatic heterocycles. The fraction of sp³-hybridized carbons (Fsp3) is 0.188. The number of hydrogen-bond acceptors (Lipinski definition) is 7. The van der Waals surface area contributed by atoms with Crippen molar-refractivity contribution < 1.29 is 18.6 Å². The maximum Gasteiger partial charge on any atom is 0.309 e. The lowest BCUT2D eigenvalue weighted by molar-refractivity contribution is -0.0717. The van der Waals surface area contributed by atoms with Crippen LogP contribution in [0.5, 0.6) is 11.5 Å². The van der Waals surface area contributed by atoms with Gasteiger partial charge in [0.25, 0.3) is 0 Å². The molecule has 1 atom stereocenters. The van der Waals surface area contributed by atoms with Crippen LogP contribution in [0.3, 0.4) is 0 Å². The number of allylic oxidation sites excluding steroid dienone is 1. The minimum Gasteiger partial charge on any atom is -0.497 e. The van der Waals surface area contributed by atoms with Crippen molar-refractivity contribution in [3.8, 4) is 29.7 Å². The third-order valence-electron chi connectivity index (χ3n) is 3.41. The number of nitrogens with two attached hydrogens (primary N) is 1. The van der Waals surface area contributed by atoms with E-state index in [4.69, 9.17) is 30.5 Å². The average molecular weight is 326 g/mol. The van der Waals surface area contributed by atoms with Crippen molar-refractivity contribution in [2.24, 2.45) is 5.73 Å². The van der Waals surface area contributed by atoms with Crippen molar-refractivity contribution in [1.82, 2.24) is 0 Å². The second kappa shape index (κ2) is 6.20. The second-order valence-electron chi connectivity index (χ2n) is 4.59. The minimum absolute atomic E-state index is 0.0676. The molecular weight excluding hydrogens is 315 g/mol. The van der Waals surface area contributed by atoms with Crippen molar-refractivity contribution in [2.75, 3.05) is 14.2 Å². The molecular formula is C16H11FN4O3. The van der Waals surface area contributed by atoms with Gasteiger partial charge in [-0.25, -0.2) is 0 Å². The molecule has 0 fully saturated rings. The lowest BCUT2D eigenvalue weighted by Crippen LogP contribution is -2.25. The van der Waals surface area contributed by atoms with Gasteiger partial charge >= 0.3 is 5.85 Å². The van der Waals surface area contributed by atoms with Gasteiger partial charge in [0.15, 0.2) is 0 Å². The molecule has 24 heavy (non-hydrogen) atoms. The van der Waals surface area contributed by atoms with Crippen molar-refractivity contribution in [3.05, 3.63) is 46.4 Å². The maximum absolute atomic E-state index is 15.8. The Hall–Kier alpha value is -3.70. The largest absolute Gasteiger partial charge is 0.497 e. The normalized spacial score (nSPS) is 18.9. The molecule has 0 bridgehead atoms. The number of hydrogen-bond donors (Lipinski definition) is 1. The van der Waals surface area contributed by atoms with E-state index in [0.29, 0.717) is 0 Å². The summed E-state index contributed by atoms with van der Waals surface area (Å²) in [7, 11) is 2.69. The van der Waals surface area contributed by atoms with Gasteiger partial charge in [-0.3, -0.25) is 0 Å². The van der Waals surface area contributed by atoms with Crippen LogP contribution in [0.1, 0.15) is 5.56 Å². The molecule has 1 aromatic rings. The molecule has 0 saturated carbocycles. The highest BCUT2D eigenvalue weighted by Gasteiger charge is 2.51. The maximum atomic E-state index is 15.8. The van der Waals surface area contributed by atoms with E-state index < -0.39 is 28.5 Å². The quantitative estimate of drug-likeness (QED) is 0.841. The first kappa shape index (κ1) is 16.7. The highest BCUT2D eigenvalue weighted by molar-refractivity contribution is 5.63. The fourth-order valence-electron chi connectivity index (χ4n) is 2.33. The van der Waals surface area contributed by atoms with E-state index in [9.17, 15) is 5.26 Å². The standard InChI is InChI=1S/C16H11FN4O3/c1-22-10-3-4-13(23-2)12(5-10)16(17)14(9(6-18)7-19)11(8-20)15(21)24-16/h3-5H,21H2,1-2H3/t16-/m0/s1. The third kappa shape index (κ3) is 2.35. The zero-order valence-electron chi connectivity index (χ0n) is 12.8. The summed E-state index contributed by atoms with van der Waals surface area (Å²) in [6.45, 7) is 0. The van der Waals surface area contributed by atoms with E-state index in [1.54, 1.807) is 18.2 Å². The van der Waals surface area contributed by atoms with Crippen molar-refractivity contribution in [1.29, 1.82) is 15.8 Å². The monoisotopic (exact) mass is 326 g/mol. The van der Waals surface area contributed by atoms with Gasteiger partial charge in [-0.2, -0.15) is 20.2 Å². The Labute approximate surface area is 137 Å². The predicted octanol–water partition coefficient (Wildman–Crippen LogP) is 1.89. The summed E-state index contributed by atoms with van der Waals surface area (Å²) in [6.07, 6.45) is 0. The number of alkyl halides is 1. The molecule has 2 N–H and O–H groups in total. The average Bonchev–Trinajstić information content (AvgIpc) is 2.86. The van der Waals surface area contributed by atoms with E-state index in [1.165, 1.54) is 32.4 Å². The van der Waals surface area contributed by atoms with Crippen LogP contribution < -0.4 is 15.2 Å². The number of nitriles is 3. The zero-order valence-corrected chi connectivity index (χ0v) is 12.8. The molecule has 2 rings (SSSR count). The molecule has 120 valence electrons. The number of ether oxygens (including phenoxy) is 3. The van der Waals surface area contributed by atoms with Gasteiger partial charge in [-0.05, 0) is 18.2 Å². The van der Waals surface area contributed by atoms with Gasteiger partial charge in [0.1, 0.15) is 40.9 Å². The molecule has 1 heterocycles. The lowest BCUT2D eigenvalue weighted by atomic mass is 9.91. The van der Waals surface area contributed by atoms with Crippen LogP contribution >= 0.6 is 0 Å². The summed E-state index contributed by atoms with van der Waals surface area (Å²) in [6, 6.07) is 9.00. The Kier molecular flexibility index (Phi) is 4.30. The Bertz CT molecular complexity index is 870. The first-order chi connectivity index (χ1) is 11.5. The van der Waals surface area contributed by atoms with Crippen molar-refractivity contribution in [3.63, 3.8) is 0 Å². The van der Waals surface area contributed by atoms with E-state index in [-0.39, 0.29) is 17.1 Å². The van der Waals surface area contributed by atoms with Crippen LogP contribution in [0.15, 0.2) is 40.8 Å². The van der Waals surface area contributed by atoms with Gasteiger partial charge in [0.05, 0.1) is 25.4 Å². The molecule has 8 heteroatoms. The molecule has 0 amide bonds. The lowest BCUT2D eigenvalue weighted by Gasteiger charge is -2.24. The summed E-state index contributed by atoms with van der Waals surface area (Å²) in [5, 5.41) is 27.4. The summed E-state index contributed by atoms with van der Waals surface area (Å²) in [5.41, 5.74) is 3.79. The Morgan fingerprint density at radius 2 is 1.88 bits per heavy atom. The second-order valence-corrected chi connectivity index (χ2v) is 4.59. The SMILES string of the molecule is COc1ccc(OC)c([C@]2(F)OC(N)=C(C#N)C2=C(C#N)C#N)c1. The van der Waals surface area contributed by atoms with E-state index in [2.05, 4.69) is 0 Å². The van der Waals surface area contributed by atoms with Gasteiger partial charge < -0.3 is 19.9 Å². The third-order valence-corrected chi connectivity index (χ3v) is 3.41. The zero-order chi connectivity index (χ0) is 17.9. The molecule has 0 aliphatic carbocycles. The highest BCUT2D eigenvalue weighted by Crippen LogP contribution is 2.50. The number of methoxy groups -OCH3 is 2. The molecule has 0 spiro atoms. The van der Waals surface area contributed by atoms with Gasteiger partial charge in [-0.1, -0.05) is 0 Å². The molecule has 0 radical (unpaired) electrons. The first-order valence-electron chi connectivity index (χ1n) is 6.52. The summed E-state index contributed by atoms with van der Waals surface area (Å²) in [5.74, 6) is -3.01. The van der Waals surface area contributed by atoms with E-state index >= 15 is 4.39 Å². The van der Waals surface area contributed by atoms with E-state index in [0.717, 1.165) is 0 Å². The van der Waals surface area contributed by atoms with Gasteiger partial charge in [0, 0.05) is 0 Å². The Balaban J connectivity index is 2.84. The first-order valence-corrected chi connectivity index (χ1v) is 6.52. The Morgan fingerprint density at radius 1 is 1.21 bits per heavy atom. The molecule has 7 nitrogen and oxygen atoms in total. The summed E-state index contributed by atoms with van der Waals surface area (Å²) in [4.78, 5) is 0. The van der Waals surface area contributed by atoms with Crippen LogP contribution in [0, 0.1) is 34.0 Å². The molecule has 0 unspecified atom stereocenters. The van der Waals surface area contributed by atoms with Crippen LogP contribution in [-0.2, 0) is 10.6 Å². The molecule has 0 saturated heterocycles. The van der Waals surface area contributed by atoms with Crippen LogP contribution in [0.2, 0.25) is 0 Å². The smallest absolute Gasteiger partial charge is 0.309 e. The Morgan fingerprint density at radius 3 is 2.38 bits per heavy atom. The van der Waals surface area contributed by atoms with Gasteiger partial charge in [-0.15, -0.1) is 0 Å². The van der Waals surface area contributed by atoms with E-state index in [1.807, 2.05) is 0 Å². The number of benzene rings is 1. The number of rotatable bonds is 3. The number of nitrogens with zero attached hydrogens (tertiary/aromatic N) is 3. The van der Waals surface area contributed by atoms with Crippen molar-refractivity contribution in [2.45, 2.75) is 5.85 Å². The summed E-state index contributed by atoms with van der Waals surface area (Å²) >= 11 is 0. The molecule has 1 aromatic carbocycles. The van der Waals surface area contributed by atoms with Crippen LogP contribution in [0.4, 0.5) is 4.39 Å². The van der Waals surface area contributed by atoms with Crippen LogP contribution in [0.25, 0.3) is 0 Å². The molecule has 1 aliphatic rings. The summed E-state index contributed by atoms with van der Waals surface area (Å²) < 4.78 is 31.0. The van der Waals surface area contributed by atoms with Crippen molar-refractivity contribution >= 4 is 0 Å². The fourth-order valence-corrected chi connectivity index (χ4v) is 2.33. The highest BCUT2D eigenvalue weighted by atomic mass is 19.2. The minimum atomic E-state index is -2.84. The number of halogens is 1. The topological polar surface area (TPSA) is 125 Å². The predicted molar refractivity (Wildman–Crippen MR) is 78.5 cm³/mol. The van der Waals surface area contributed by atoms with Crippen LogP contribution in [-0.4, -0.2) is 14.2 Å². The van der Waals surface area contributed by atoms with Gasteiger partial charge in [0.2, 0.25) is 5.88 Å². The molecule has 1 aliphatic heterocycles.